The number of thioether (sulfide) groups is 2. The molecule has 2 aliphatic rings. The number of nitrogens with one attached hydrogen (secondary N) is 1. The molecule has 0 radical (unpaired) electrons. The van der Waals surface area contributed by atoms with Crippen LogP contribution in [0.1, 0.15) is 19.8 Å². The van der Waals surface area contributed by atoms with Crippen molar-refractivity contribution in [2.24, 2.45) is 0 Å². The second kappa shape index (κ2) is 6.32. The van der Waals surface area contributed by atoms with Gasteiger partial charge >= 0.3 is 0 Å². The fourth-order valence-electron chi connectivity index (χ4n) is 3.00. The van der Waals surface area contributed by atoms with Crippen molar-refractivity contribution in [3.63, 3.8) is 0 Å². The number of alkyl halides is 2. The minimum absolute atomic E-state index is 0.0205. The molecule has 2 heterocycles. The molecule has 4 nitrogen and oxygen atoms in total. The Kier molecular flexibility index (Phi) is 4.55. The van der Waals surface area contributed by atoms with Crippen molar-refractivity contribution in [2.45, 2.75) is 41.3 Å². The molecule has 1 N–H and O–H groups in total. The predicted octanol–water partition coefficient (Wildman–Crippen LogP) is 3.39. The van der Waals surface area contributed by atoms with E-state index in [4.69, 9.17) is 0 Å². The fourth-order valence-corrected chi connectivity index (χ4v) is 5.03. The lowest BCUT2D eigenvalue weighted by atomic mass is 10.2. The van der Waals surface area contributed by atoms with Gasteiger partial charge in [-0.05, 0) is 25.5 Å². The Labute approximate surface area is 141 Å². The summed E-state index contributed by atoms with van der Waals surface area (Å²) < 4.78 is 25.2. The van der Waals surface area contributed by atoms with Crippen LogP contribution in [0.25, 0.3) is 0 Å². The average molecular weight is 358 g/mol. The Morgan fingerprint density at radius 2 is 2.22 bits per heavy atom. The molecule has 0 bridgehead atoms. The molecule has 8 heteroatoms. The predicted molar refractivity (Wildman–Crippen MR) is 87.7 cm³/mol. The van der Waals surface area contributed by atoms with Gasteiger partial charge in [0.1, 0.15) is 6.04 Å². The Hall–Kier alpha value is -1.28. The van der Waals surface area contributed by atoms with Crippen molar-refractivity contribution in [2.75, 3.05) is 11.1 Å². The lowest BCUT2D eigenvalue weighted by Crippen LogP contribution is -2.48. The summed E-state index contributed by atoms with van der Waals surface area (Å²) in [6.07, 6.45) is 1.18. The minimum Gasteiger partial charge on any atom is -0.323 e. The minimum atomic E-state index is -2.56. The highest BCUT2D eigenvalue weighted by Gasteiger charge is 2.52. The topological polar surface area (TPSA) is 49.4 Å². The van der Waals surface area contributed by atoms with Gasteiger partial charge in [-0.1, -0.05) is 23.9 Å². The van der Waals surface area contributed by atoms with E-state index < -0.39 is 11.8 Å². The molecule has 0 saturated carbocycles. The number of halogens is 2. The Balaban J connectivity index is 1.77. The first-order valence-corrected chi connectivity index (χ1v) is 9.08. The molecule has 2 atom stereocenters. The Bertz CT molecular complexity index is 644. The quantitative estimate of drug-likeness (QED) is 0.838. The van der Waals surface area contributed by atoms with Crippen LogP contribution in [-0.2, 0) is 9.59 Å². The lowest BCUT2D eigenvalue weighted by molar-refractivity contribution is -0.135. The van der Waals surface area contributed by atoms with Gasteiger partial charge in [0, 0.05) is 17.1 Å². The Morgan fingerprint density at radius 1 is 1.48 bits per heavy atom. The monoisotopic (exact) mass is 358 g/mol. The van der Waals surface area contributed by atoms with Crippen LogP contribution in [0, 0.1) is 0 Å². The molecule has 1 aromatic carbocycles. The second-order valence-electron chi connectivity index (χ2n) is 5.63. The zero-order valence-corrected chi connectivity index (χ0v) is 14.1. The summed E-state index contributed by atoms with van der Waals surface area (Å²) in [7, 11) is 0. The molecule has 3 rings (SSSR count). The van der Waals surface area contributed by atoms with Gasteiger partial charge in [0.25, 0.3) is 5.76 Å². The summed E-state index contributed by atoms with van der Waals surface area (Å²) in [6, 6.07) is 5.91. The summed E-state index contributed by atoms with van der Waals surface area (Å²) in [5, 5.41) is 2.71. The number of fused-ring (bicyclic) bond motifs is 1. The van der Waals surface area contributed by atoms with Crippen molar-refractivity contribution in [1.82, 2.24) is 4.90 Å². The Morgan fingerprint density at radius 3 is 2.96 bits per heavy atom. The highest BCUT2D eigenvalue weighted by atomic mass is 32.2. The normalized spacial score (nSPS) is 26.7. The van der Waals surface area contributed by atoms with Crippen molar-refractivity contribution in [1.29, 1.82) is 0 Å². The van der Waals surface area contributed by atoms with Gasteiger partial charge in [-0.3, -0.25) is 9.59 Å². The number of rotatable bonds is 4. The van der Waals surface area contributed by atoms with Crippen LogP contribution in [0.2, 0.25) is 0 Å². The standard InChI is InChI=1S/C15H16F2N2O2S2/c1-15-7-6-12(20)19(15)10(8-22-15)13(21)18-9-4-2-3-5-11(9)23-14(16)17/h2-5,10,14H,6-8H2,1H3,(H,18,21). The van der Waals surface area contributed by atoms with Gasteiger partial charge in [0.2, 0.25) is 11.8 Å². The zero-order valence-electron chi connectivity index (χ0n) is 12.4. The van der Waals surface area contributed by atoms with E-state index >= 15 is 0 Å². The van der Waals surface area contributed by atoms with Gasteiger partial charge in [-0.2, -0.15) is 8.78 Å². The van der Waals surface area contributed by atoms with Crippen molar-refractivity contribution >= 4 is 41.0 Å². The van der Waals surface area contributed by atoms with E-state index in [2.05, 4.69) is 5.32 Å². The van der Waals surface area contributed by atoms with Gasteiger partial charge in [-0.25, -0.2) is 0 Å². The van der Waals surface area contributed by atoms with E-state index in [1.807, 2.05) is 6.92 Å². The highest BCUT2D eigenvalue weighted by Crippen LogP contribution is 2.47. The van der Waals surface area contributed by atoms with Crippen LogP contribution < -0.4 is 5.32 Å². The van der Waals surface area contributed by atoms with Crippen LogP contribution in [-0.4, -0.2) is 39.1 Å². The highest BCUT2D eigenvalue weighted by molar-refractivity contribution is 8.01. The molecule has 2 fully saturated rings. The molecule has 2 aliphatic heterocycles. The van der Waals surface area contributed by atoms with E-state index in [0.717, 1.165) is 6.42 Å². The smallest absolute Gasteiger partial charge is 0.288 e. The summed E-state index contributed by atoms with van der Waals surface area (Å²) in [5.74, 6) is -2.37. The van der Waals surface area contributed by atoms with Crippen LogP contribution in [0.5, 0.6) is 0 Å². The number of anilines is 1. The summed E-state index contributed by atoms with van der Waals surface area (Å²) in [5.41, 5.74) is 0.355. The first-order valence-electron chi connectivity index (χ1n) is 7.21. The molecule has 0 spiro atoms. The van der Waals surface area contributed by atoms with Crippen molar-refractivity contribution in [3.05, 3.63) is 24.3 Å². The first kappa shape index (κ1) is 16.6. The molecule has 0 aliphatic carbocycles. The number of carbonyl (C=O) groups excluding carboxylic acids is 2. The molecular weight excluding hydrogens is 342 g/mol. The maximum atomic E-state index is 12.6. The van der Waals surface area contributed by atoms with E-state index in [-0.39, 0.29) is 16.7 Å². The van der Waals surface area contributed by atoms with Crippen molar-refractivity contribution in [3.8, 4) is 0 Å². The van der Waals surface area contributed by atoms with Gasteiger partial charge in [0.05, 0.1) is 10.6 Å². The molecule has 2 saturated heterocycles. The van der Waals surface area contributed by atoms with Crippen LogP contribution in [0.3, 0.4) is 0 Å². The van der Waals surface area contributed by atoms with Gasteiger partial charge in [0.15, 0.2) is 0 Å². The van der Waals surface area contributed by atoms with Crippen LogP contribution in [0.15, 0.2) is 29.2 Å². The van der Waals surface area contributed by atoms with Gasteiger partial charge in [-0.15, -0.1) is 11.8 Å². The molecule has 124 valence electrons. The number of hydrogen-bond donors (Lipinski definition) is 1. The third-order valence-electron chi connectivity index (χ3n) is 4.11. The first-order chi connectivity index (χ1) is 10.9. The largest absolute Gasteiger partial charge is 0.323 e. The number of hydrogen-bond acceptors (Lipinski definition) is 4. The lowest BCUT2D eigenvalue weighted by Gasteiger charge is -2.30. The maximum absolute atomic E-state index is 12.6. The number of benzene rings is 1. The van der Waals surface area contributed by atoms with Crippen molar-refractivity contribution < 1.29 is 18.4 Å². The van der Waals surface area contributed by atoms with E-state index in [9.17, 15) is 18.4 Å². The van der Waals surface area contributed by atoms with Crippen LogP contribution in [0.4, 0.5) is 14.5 Å². The number of nitrogens with zero attached hydrogens (tertiary/aromatic N) is 1. The number of para-hydroxylation sites is 1. The third-order valence-corrected chi connectivity index (χ3v) is 6.40. The van der Waals surface area contributed by atoms with Gasteiger partial charge < -0.3 is 10.2 Å². The molecule has 2 amide bonds. The molecule has 23 heavy (non-hydrogen) atoms. The van der Waals surface area contributed by atoms with E-state index in [1.54, 1.807) is 40.9 Å². The number of amides is 2. The molecule has 2 unspecified atom stereocenters. The molecule has 1 aromatic rings. The maximum Gasteiger partial charge on any atom is 0.288 e. The third kappa shape index (κ3) is 3.19. The molecular formula is C15H16F2N2O2S2. The zero-order chi connectivity index (χ0) is 16.6. The summed E-state index contributed by atoms with van der Waals surface area (Å²) in [6.45, 7) is 1.97. The fraction of sp³-hybridized carbons (Fsp3) is 0.467. The van der Waals surface area contributed by atoms with Crippen LogP contribution >= 0.6 is 23.5 Å². The SMILES string of the molecule is CC12CCC(=O)N1C(C(=O)Nc1ccccc1SC(F)F)CS2. The molecule has 0 aromatic heterocycles. The van der Waals surface area contributed by atoms with E-state index in [1.165, 1.54) is 0 Å². The summed E-state index contributed by atoms with van der Waals surface area (Å²) in [4.78, 5) is 26.3. The van der Waals surface area contributed by atoms with E-state index in [0.29, 0.717) is 34.5 Å². The average Bonchev–Trinajstić information content (AvgIpc) is 2.98. The number of carbonyl (C=O) groups is 2. The second-order valence-corrected chi connectivity index (χ2v) is 8.16. The summed E-state index contributed by atoms with van der Waals surface area (Å²) >= 11 is 1.99.